The largest absolute Gasteiger partial charge is 0.493 e. The van der Waals surface area contributed by atoms with Crippen LogP contribution in [0.1, 0.15) is 24.2 Å². The highest BCUT2D eigenvalue weighted by atomic mass is 35.5. The standard InChI is InChI=1S/C28H29ClN2O3/c1-3-10-21-15-16-26(27(19-21)32-2)34-20-28-30-23-12-5-6-13-24(23)31(28)17-8-9-18-33-25-14-7-4-11-22(25)29/h3-7,11-16,19H,1,8-10,17-18,20H2,2H3. The molecule has 6 heteroatoms. The number of nitrogens with zero attached hydrogens (tertiary/aromatic N) is 2. The Hall–Kier alpha value is -3.44. The van der Waals surface area contributed by atoms with E-state index in [1.165, 1.54) is 0 Å². The van der Waals surface area contributed by atoms with Gasteiger partial charge in [-0.05, 0) is 61.2 Å². The second-order valence-corrected chi connectivity index (χ2v) is 8.33. The molecule has 0 fully saturated rings. The van der Waals surface area contributed by atoms with Crippen molar-refractivity contribution < 1.29 is 14.2 Å². The first-order valence-electron chi connectivity index (χ1n) is 11.4. The van der Waals surface area contributed by atoms with Crippen LogP contribution in [-0.4, -0.2) is 23.3 Å². The van der Waals surface area contributed by atoms with Gasteiger partial charge in [-0.1, -0.05) is 48.0 Å². The van der Waals surface area contributed by atoms with Crippen molar-refractivity contribution in [2.24, 2.45) is 0 Å². The van der Waals surface area contributed by atoms with E-state index in [0.29, 0.717) is 29.7 Å². The average molecular weight is 477 g/mol. The Morgan fingerprint density at radius 3 is 2.59 bits per heavy atom. The summed E-state index contributed by atoms with van der Waals surface area (Å²) in [6, 6.07) is 21.7. The van der Waals surface area contributed by atoms with E-state index >= 15 is 0 Å². The normalized spacial score (nSPS) is 10.9. The number of allylic oxidation sites excluding steroid dienone is 1. The number of imidazole rings is 1. The third-order valence-corrected chi connectivity index (χ3v) is 5.88. The van der Waals surface area contributed by atoms with E-state index in [4.69, 9.17) is 30.8 Å². The Labute approximate surface area is 205 Å². The Bertz CT molecular complexity index is 1250. The molecule has 0 spiro atoms. The molecule has 5 nitrogen and oxygen atoms in total. The van der Waals surface area contributed by atoms with E-state index in [1.54, 1.807) is 7.11 Å². The quantitative estimate of drug-likeness (QED) is 0.165. The number of aromatic nitrogens is 2. The Morgan fingerprint density at radius 2 is 1.76 bits per heavy atom. The van der Waals surface area contributed by atoms with Crippen molar-refractivity contribution in [1.82, 2.24) is 9.55 Å². The van der Waals surface area contributed by atoms with Gasteiger partial charge in [-0.2, -0.15) is 0 Å². The zero-order valence-corrected chi connectivity index (χ0v) is 20.1. The third kappa shape index (κ3) is 5.72. The van der Waals surface area contributed by atoms with Crippen LogP contribution in [0.15, 0.2) is 79.4 Å². The minimum absolute atomic E-state index is 0.349. The summed E-state index contributed by atoms with van der Waals surface area (Å²) in [4.78, 5) is 4.82. The topological polar surface area (TPSA) is 45.5 Å². The maximum Gasteiger partial charge on any atom is 0.161 e. The van der Waals surface area contributed by atoms with Gasteiger partial charge in [0.05, 0.1) is 29.8 Å². The van der Waals surface area contributed by atoms with Crippen molar-refractivity contribution in [3.63, 3.8) is 0 Å². The van der Waals surface area contributed by atoms with Crippen molar-refractivity contribution in [1.29, 1.82) is 0 Å². The minimum Gasteiger partial charge on any atom is -0.493 e. The molecule has 1 heterocycles. The lowest BCUT2D eigenvalue weighted by Gasteiger charge is -2.13. The molecule has 0 saturated carbocycles. The molecule has 0 aliphatic rings. The van der Waals surface area contributed by atoms with E-state index < -0.39 is 0 Å². The van der Waals surface area contributed by atoms with Crippen molar-refractivity contribution in [2.75, 3.05) is 13.7 Å². The van der Waals surface area contributed by atoms with Gasteiger partial charge in [-0.15, -0.1) is 6.58 Å². The van der Waals surface area contributed by atoms with Gasteiger partial charge < -0.3 is 18.8 Å². The van der Waals surface area contributed by atoms with Crippen molar-refractivity contribution in [2.45, 2.75) is 32.4 Å². The summed E-state index contributed by atoms with van der Waals surface area (Å²) in [7, 11) is 1.65. The summed E-state index contributed by atoms with van der Waals surface area (Å²) < 4.78 is 19.7. The van der Waals surface area contributed by atoms with Gasteiger partial charge in [-0.25, -0.2) is 4.98 Å². The van der Waals surface area contributed by atoms with Crippen LogP contribution in [0.2, 0.25) is 5.02 Å². The SMILES string of the molecule is C=CCc1ccc(OCc2nc3ccccc3n2CCCCOc2ccccc2Cl)c(OC)c1. The number of hydrogen-bond acceptors (Lipinski definition) is 4. The number of unbranched alkanes of at least 4 members (excludes halogenated alkanes) is 1. The summed E-state index contributed by atoms with van der Waals surface area (Å²) in [6.07, 6.45) is 4.50. The molecule has 0 aliphatic carbocycles. The first-order valence-corrected chi connectivity index (χ1v) is 11.8. The van der Waals surface area contributed by atoms with Crippen molar-refractivity contribution in [3.05, 3.63) is 95.8 Å². The van der Waals surface area contributed by atoms with Gasteiger partial charge in [0, 0.05) is 6.54 Å². The maximum atomic E-state index is 6.17. The van der Waals surface area contributed by atoms with Gasteiger partial charge in [0.1, 0.15) is 18.2 Å². The molecule has 4 aromatic rings. The summed E-state index contributed by atoms with van der Waals surface area (Å²) in [5, 5.41) is 0.635. The van der Waals surface area contributed by atoms with E-state index in [-0.39, 0.29) is 0 Å². The zero-order chi connectivity index (χ0) is 23.8. The molecule has 0 unspecified atom stereocenters. The molecule has 4 rings (SSSR count). The molecule has 0 radical (unpaired) electrons. The molecule has 34 heavy (non-hydrogen) atoms. The average Bonchev–Trinajstić information content (AvgIpc) is 3.21. The van der Waals surface area contributed by atoms with Crippen LogP contribution >= 0.6 is 11.6 Å². The van der Waals surface area contributed by atoms with Crippen LogP contribution in [0.3, 0.4) is 0 Å². The molecule has 0 saturated heterocycles. The highest BCUT2D eigenvalue weighted by Gasteiger charge is 2.13. The number of rotatable bonds is 12. The van der Waals surface area contributed by atoms with Gasteiger partial charge in [0.25, 0.3) is 0 Å². The smallest absolute Gasteiger partial charge is 0.161 e. The predicted octanol–water partition coefficient (Wildman–Crippen LogP) is 6.87. The number of halogens is 1. The fourth-order valence-corrected chi connectivity index (χ4v) is 4.06. The summed E-state index contributed by atoms with van der Waals surface area (Å²) in [5.41, 5.74) is 3.19. The highest BCUT2D eigenvalue weighted by molar-refractivity contribution is 6.32. The molecule has 0 aliphatic heterocycles. The van der Waals surface area contributed by atoms with Crippen LogP contribution < -0.4 is 14.2 Å². The number of methoxy groups -OCH3 is 1. The lowest BCUT2D eigenvalue weighted by Crippen LogP contribution is -2.09. The lowest BCUT2D eigenvalue weighted by atomic mass is 10.1. The highest BCUT2D eigenvalue weighted by Crippen LogP contribution is 2.29. The first kappa shape index (κ1) is 23.7. The first-order chi connectivity index (χ1) is 16.7. The van der Waals surface area contributed by atoms with E-state index in [2.05, 4.69) is 17.2 Å². The summed E-state index contributed by atoms with van der Waals surface area (Å²) in [6.45, 7) is 5.58. The van der Waals surface area contributed by atoms with Gasteiger partial charge >= 0.3 is 0 Å². The molecule has 1 aromatic heterocycles. The molecule has 0 bridgehead atoms. The maximum absolute atomic E-state index is 6.17. The summed E-state index contributed by atoms with van der Waals surface area (Å²) >= 11 is 6.17. The van der Waals surface area contributed by atoms with E-state index in [9.17, 15) is 0 Å². The fraction of sp³-hybridized carbons (Fsp3) is 0.250. The minimum atomic E-state index is 0.349. The Balaban J connectivity index is 1.42. The zero-order valence-electron chi connectivity index (χ0n) is 19.4. The van der Waals surface area contributed by atoms with Crippen molar-refractivity contribution >= 4 is 22.6 Å². The molecule has 0 amide bonds. The molecular formula is C28H29ClN2O3. The van der Waals surface area contributed by atoms with Gasteiger partial charge in [-0.3, -0.25) is 0 Å². The Morgan fingerprint density at radius 1 is 0.941 bits per heavy atom. The summed E-state index contributed by atoms with van der Waals surface area (Å²) in [5.74, 6) is 3.01. The number of para-hydroxylation sites is 3. The molecule has 0 N–H and O–H groups in total. The van der Waals surface area contributed by atoms with Crippen LogP contribution in [0.4, 0.5) is 0 Å². The van der Waals surface area contributed by atoms with Crippen molar-refractivity contribution in [3.8, 4) is 17.2 Å². The monoisotopic (exact) mass is 476 g/mol. The van der Waals surface area contributed by atoms with E-state index in [0.717, 1.165) is 54.0 Å². The predicted molar refractivity (Wildman–Crippen MR) is 137 cm³/mol. The number of aryl methyl sites for hydroxylation is 1. The fourth-order valence-electron chi connectivity index (χ4n) is 3.87. The molecule has 0 atom stereocenters. The molecular weight excluding hydrogens is 448 g/mol. The number of hydrogen-bond donors (Lipinski definition) is 0. The van der Waals surface area contributed by atoms with Crippen LogP contribution in [0.25, 0.3) is 11.0 Å². The van der Waals surface area contributed by atoms with E-state index in [1.807, 2.05) is 66.7 Å². The van der Waals surface area contributed by atoms with Crippen LogP contribution in [-0.2, 0) is 19.6 Å². The third-order valence-electron chi connectivity index (χ3n) is 5.57. The number of fused-ring (bicyclic) bond motifs is 1. The Kier molecular flexibility index (Phi) is 8.10. The number of ether oxygens (including phenoxy) is 3. The van der Waals surface area contributed by atoms with Crippen LogP contribution in [0, 0.1) is 0 Å². The van der Waals surface area contributed by atoms with Crippen LogP contribution in [0.5, 0.6) is 17.2 Å². The molecule has 176 valence electrons. The number of benzene rings is 3. The van der Waals surface area contributed by atoms with Gasteiger partial charge in [0.15, 0.2) is 11.5 Å². The van der Waals surface area contributed by atoms with Gasteiger partial charge in [0.2, 0.25) is 0 Å². The second kappa shape index (κ2) is 11.6. The second-order valence-electron chi connectivity index (χ2n) is 7.92. The lowest BCUT2D eigenvalue weighted by molar-refractivity contribution is 0.269. The molecule has 3 aromatic carbocycles.